The standard InChI is InChI=1S/C14H18ClNO3/c1-9(2)14(3,8-12(17)18)16-13(19)10-5-4-6-11(15)7-10/h4-7,9H,8H2,1-3H3,(H,16,19)(H,17,18). The number of rotatable bonds is 5. The van der Waals surface area contributed by atoms with Gasteiger partial charge in [-0.05, 0) is 31.0 Å². The quantitative estimate of drug-likeness (QED) is 0.873. The normalized spacial score (nSPS) is 13.9. The van der Waals surface area contributed by atoms with E-state index in [9.17, 15) is 9.59 Å². The molecule has 5 heteroatoms. The molecule has 19 heavy (non-hydrogen) atoms. The maximum absolute atomic E-state index is 12.1. The van der Waals surface area contributed by atoms with Crippen LogP contribution in [0.2, 0.25) is 5.02 Å². The molecule has 1 unspecified atom stereocenters. The maximum Gasteiger partial charge on any atom is 0.305 e. The van der Waals surface area contributed by atoms with Gasteiger partial charge in [0.2, 0.25) is 0 Å². The molecule has 1 aromatic rings. The van der Waals surface area contributed by atoms with Crippen molar-refractivity contribution in [3.8, 4) is 0 Å². The van der Waals surface area contributed by atoms with Crippen molar-refractivity contribution in [2.24, 2.45) is 5.92 Å². The smallest absolute Gasteiger partial charge is 0.305 e. The molecule has 104 valence electrons. The van der Waals surface area contributed by atoms with Crippen LogP contribution >= 0.6 is 11.6 Å². The largest absolute Gasteiger partial charge is 0.481 e. The van der Waals surface area contributed by atoms with E-state index in [4.69, 9.17) is 16.7 Å². The molecule has 0 aliphatic carbocycles. The predicted molar refractivity (Wildman–Crippen MR) is 74.4 cm³/mol. The van der Waals surface area contributed by atoms with Crippen molar-refractivity contribution in [2.45, 2.75) is 32.7 Å². The lowest BCUT2D eigenvalue weighted by Crippen LogP contribution is -2.51. The van der Waals surface area contributed by atoms with Crippen LogP contribution in [-0.2, 0) is 4.79 Å². The molecule has 0 saturated heterocycles. The lowest BCUT2D eigenvalue weighted by Gasteiger charge is -2.33. The zero-order valence-corrected chi connectivity index (χ0v) is 12.0. The van der Waals surface area contributed by atoms with Crippen molar-refractivity contribution < 1.29 is 14.7 Å². The van der Waals surface area contributed by atoms with Gasteiger partial charge in [-0.15, -0.1) is 0 Å². The number of amides is 1. The molecule has 0 bridgehead atoms. The summed E-state index contributed by atoms with van der Waals surface area (Å²) in [7, 11) is 0. The molecule has 1 rings (SSSR count). The summed E-state index contributed by atoms with van der Waals surface area (Å²) in [5, 5.41) is 12.2. The fraction of sp³-hybridized carbons (Fsp3) is 0.429. The number of hydrogen-bond acceptors (Lipinski definition) is 2. The van der Waals surface area contributed by atoms with Gasteiger partial charge in [0.05, 0.1) is 12.0 Å². The SMILES string of the molecule is CC(C)C(C)(CC(=O)O)NC(=O)c1cccc(Cl)c1. The van der Waals surface area contributed by atoms with Crippen molar-refractivity contribution in [3.63, 3.8) is 0 Å². The molecular formula is C14H18ClNO3. The number of aliphatic carboxylic acids is 1. The average Bonchev–Trinajstić information content (AvgIpc) is 2.27. The Balaban J connectivity index is 2.91. The average molecular weight is 284 g/mol. The minimum atomic E-state index is -0.942. The van der Waals surface area contributed by atoms with Crippen LogP contribution in [0.3, 0.4) is 0 Å². The van der Waals surface area contributed by atoms with E-state index in [-0.39, 0.29) is 18.2 Å². The number of carboxylic acids is 1. The van der Waals surface area contributed by atoms with Gasteiger partial charge in [-0.3, -0.25) is 9.59 Å². The van der Waals surface area contributed by atoms with Crippen molar-refractivity contribution in [1.29, 1.82) is 0 Å². The van der Waals surface area contributed by atoms with Crippen molar-refractivity contribution in [3.05, 3.63) is 34.9 Å². The molecule has 0 radical (unpaired) electrons. The molecular weight excluding hydrogens is 266 g/mol. The zero-order chi connectivity index (χ0) is 14.6. The van der Waals surface area contributed by atoms with E-state index in [0.29, 0.717) is 10.6 Å². The van der Waals surface area contributed by atoms with Crippen LogP contribution in [0.25, 0.3) is 0 Å². The summed E-state index contributed by atoms with van der Waals surface area (Å²) in [6.45, 7) is 5.48. The zero-order valence-electron chi connectivity index (χ0n) is 11.2. The van der Waals surface area contributed by atoms with Crippen LogP contribution < -0.4 is 5.32 Å². The summed E-state index contributed by atoms with van der Waals surface area (Å²) in [5.41, 5.74) is -0.379. The van der Waals surface area contributed by atoms with E-state index in [2.05, 4.69) is 5.32 Å². The Kier molecular flexibility index (Phi) is 4.95. The van der Waals surface area contributed by atoms with Crippen LogP contribution in [0.1, 0.15) is 37.6 Å². The van der Waals surface area contributed by atoms with Gasteiger partial charge in [0.15, 0.2) is 0 Å². The highest BCUT2D eigenvalue weighted by molar-refractivity contribution is 6.30. The molecule has 1 amide bonds. The second-order valence-corrected chi connectivity index (χ2v) is 5.54. The number of nitrogens with one attached hydrogen (secondary N) is 1. The Morgan fingerprint density at radius 3 is 2.53 bits per heavy atom. The fourth-order valence-electron chi connectivity index (χ4n) is 1.67. The number of carbonyl (C=O) groups excluding carboxylic acids is 1. The molecule has 0 saturated carbocycles. The van der Waals surface area contributed by atoms with E-state index in [0.717, 1.165) is 0 Å². The summed E-state index contributed by atoms with van der Waals surface area (Å²) in [6.07, 6.45) is -0.128. The Morgan fingerprint density at radius 1 is 1.42 bits per heavy atom. The molecule has 0 aliphatic rings. The molecule has 0 aromatic heterocycles. The summed E-state index contributed by atoms with van der Waals surface area (Å²) in [5.74, 6) is -1.27. The molecule has 0 aliphatic heterocycles. The van der Waals surface area contributed by atoms with Gasteiger partial charge in [0.1, 0.15) is 0 Å². The molecule has 0 spiro atoms. The van der Waals surface area contributed by atoms with Crippen LogP contribution in [0.4, 0.5) is 0 Å². The number of carboxylic acid groups (broad SMARTS) is 1. The Bertz CT molecular complexity index is 487. The summed E-state index contributed by atoms with van der Waals surface area (Å²) < 4.78 is 0. The summed E-state index contributed by atoms with van der Waals surface area (Å²) in [4.78, 5) is 23.1. The first-order valence-corrected chi connectivity index (χ1v) is 6.42. The summed E-state index contributed by atoms with van der Waals surface area (Å²) >= 11 is 5.83. The highest BCUT2D eigenvalue weighted by Crippen LogP contribution is 2.22. The van der Waals surface area contributed by atoms with E-state index in [1.165, 1.54) is 0 Å². The fourth-order valence-corrected chi connectivity index (χ4v) is 1.86. The summed E-state index contributed by atoms with van der Waals surface area (Å²) in [6, 6.07) is 6.56. The first-order chi connectivity index (χ1) is 8.74. The highest BCUT2D eigenvalue weighted by atomic mass is 35.5. The molecule has 1 atom stereocenters. The minimum Gasteiger partial charge on any atom is -0.481 e. The highest BCUT2D eigenvalue weighted by Gasteiger charge is 2.33. The minimum absolute atomic E-state index is 0.00765. The maximum atomic E-state index is 12.1. The monoisotopic (exact) mass is 283 g/mol. The first kappa shape index (κ1) is 15.5. The molecule has 2 N–H and O–H groups in total. The Labute approximate surface area is 117 Å². The van der Waals surface area contributed by atoms with E-state index < -0.39 is 11.5 Å². The van der Waals surface area contributed by atoms with Crippen molar-refractivity contribution >= 4 is 23.5 Å². The second-order valence-electron chi connectivity index (χ2n) is 5.11. The third-order valence-electron chi connectivity index (χ3n) is 3.28. The Hall–Kier alpha value is -1.55. The van der Waals surface area contributed by atoms with E-state index >= 15 is 0 Å². The van der Waals surface area contributed by atoms with Gasteiger partial charge >= 0.3 is 5.97 Å². The van der Waals surface area contributed by atoms with Crippen LogP contribution in [0.5, 0.6) is 0 Å². The lowest BCUT2D eigenvalue weighted by molar-refractivity contribution is -0.138. The van der Waals surface area contributed by atoms with Gasteiger partial charge in [-0.1, -0.05) is 31.5 Å². The van der Waals surface area contributed by atoms with Crippen LogP contribution in [0, 0.1) is 5.92 Å². The first-order valence-electron chi connectivity index (χ1n) is 6.04. The molecule has 0 heterocycles. The molecule has 4 nitrogen and oxygen atoms in total. The van der Waals surface area contributed by atoms with Gasteiger partial charge < -0.3 is 10.4 Å². The van der Waals surface area contributed by atoms with E-state index in [1.54, 1.807) is 31.2 Å². The van der Waals surface area contributed by atoms with Crippen LogP contribution in [0.15, 0.2) is 24.3 Å². The topological polar surface area (TPSA) is 66.4 Å². The van der Waals surface area contributed by atoms with Gasteiger partial charge in [-0.25, -0.2) is 0 Å². The molecule has 0 fully saturated rings. The van der Waals surface area contributed by atoms with Gasteiger partial charge in [0, 0.05) is 10.6 Å². The Morgan fingerprint density at radius 2 is 2.05 bits per heavy atom. The van der Waals surface area contributed by atoms with Gasteiger partial charge in [0.25, 0.3) is 5.91 Å². The van der Waals surface area contributed by atoms with E-state index in [1.807, 2.05) is 13.8 Å². The number of halogens is 1. The molecule has 1 aromatic carbocycles. The predicted octanol–water partition coefficient (Wildman–Crippen LogP) is 2.96. The van der Waals surface area contributed by atoms with Gasteiger partial charge in [-0.2, -0.15) is 0 Å². The third kappa shape index (κ3) is 4.24. The number of hydrogen-bond donors (Lipinski definition) is 2. The third-order valence-corrected chi connectivity index (χ3v) is 3.51. The number of benzene rings is 1. The van der Waals surface area contributed by atoms with Crippen molar-refractivity contribution in [1.82, 2.24) is 5.32 Å². The van der Waals surface area contributed by atoms with Crippen molar-refractivity contribution in [2.75, 3.05) is 0 Å². The second kappa shape index (κ2) is 6.06. The number of carbonyl (C=O) groups is 2. The lowest BCUT2D eigenvalue weighted by atomic mass is 9.85. The van der Waals surface area contributed by atoms with Crippen LogP contribution in [-0.4, -0.2) is 22.5 Å².